The maximum absolute atomic E-state index is 12.8. The first-order chi connectivity index (χ1) is 13.2. The van der Waals surface area contributed by atoms with Gasteiger partial charge in [0.15, 0.2) is 0 Å². The molecule has 5 atom stereocenters. The lowest BCUT2D eigenvalue weighted by Crippen LogP contribution is -2.46. The van der Waals surface area contributed by atoms with Crippen LogP contribution in [0.25, 0.3) is 0 Å². The van der Waals surface area contributed by atoms with Gasteiger partial charge >= 0.3 is 5.97 Å². The lowest BCUT2D eigenvalue weighted by molar-refractivity contribution is -0.384. The minimum absolute atomic E-state index is 0.0762. The third-order valence-electron chi connectivity index (χ3n) is 5.52. The molecule has 154 valence electrons. The lowest BCUT2D eigenvalue weighted by Gasteiger charge is -2.33. The Morgan fingerprint density at radius 1 is 1.25 bits per heavy atom. The van der Waals surface area contributed by atoms with Crippen molar-refractivity contribution in [2.24, 2.45) is 17.8 Å². The molecule has 0 spiro atoms. The van der Waals surface area contributed by atoms with Crippen LogP contribution in [-0.4, -0.2) is 33.1 Å². The summed E-state index contributed by atoms with van der Waals surface area (Å²) in [5.74, 6) is -2.38. The summed E-state index contributed by atoms with van der Waals surface area (Å²) >= 11 is 0. The van der Waals surface area contributed by atoms with Crippen LogP contribution in [0.5, 0.6) is 0 Å². The van der Waals surface area contributed by atoms with Gasteiger partial charge in [0.1, 0.15) is 0 Å². The number of carboxylic acids is 1. The first-order valence-corrected chi connectivity index (χ1v) is 9.70. The fourth-order valence-corrected chi connectivity index (χ4v) is 3.90. The molecule has 1 amide bonds. The number of nitro benzene ring substituents is 1. The molecule has 8 heteroatoms. The number of nitrogens with zero attached hydrogens (tertiary/aromatic N) is 1. The molecule has 0 bridgehead atoms. The summed E-state index contributed by atoms with van der Waals surface area (Å²) in [7, 11) is 0. The smallest absolute Gasteiger partial charge is 0.307 e. The molecule has 0 saturated heterocycles. The van der Waals surface area contributed by atoms with E-state index in [4.69, 9.17) is 0 Å². The molecule has 1 aliphatic carbocycles. The number of nitro groups is 1. The number of carbonyl (C=O) groups excluding carboxylic acids is 1. The van der Waals surface area contributed by atoms with Crippen molar-refractivity contribution in [2.75, 3.05) is 0 Å². The fourth-order valence-electron chi connectivity index (χ4n) is 3.90. The Balaban J connectivity index is 2.13. The highest BCUT2D eigenvalue weighted by Crippen LogP contribution is 2.34. The molecule has 3 N–H and O–H groups in total. The maximum Gasteiger partial charge on any atom is 0.307 e. The van der Waals surface area contributed by atoms with Crippen molar-refractivity contribution in [3.63, 3.8) is 0 Å². The van der Waals surface area contributed by atoms with Gasteiger partial charge in [-0.15, -0.1) is 0 Å². The quantitative estimate of drug-likeness (QED) is 0.460. The average molecular weight is 392 g/mol. The minimum Gasteiger partial charge on any atom is -0.481 e. The molecule has 1 fully saturated rings. The van der Waals surface area contributed by atoms with Crippen molar-refractivity contribution < 1.29 is 24.7 Å². The van der Waals surface area contributed by atoms with Gasteiger partial charge in [-0.2, -0.15) is 0 Å². The van der Waals surface area contributed by atoms with Gasteiger partial charge in [0.2, 0.25) is 5.91 Å². The number of benzene rings is 1. The van der Waals surface area contributed by atoms with Gasteiger partial charge < -0.3 is 15.5 Å². The highest BCUT2D eigenvalue weighted by molar-refractivity contribution is 5.85. The van der Waals surface area contributed by atoms with Crippen LogP contribution in [0, 0.1) is 27.9 Å². The summed E-state index contributed by atoms with van der Waals surface area (Å²) in [6, 6.07) is 4.98. The van der Waals surface area contributed by atoms with E-state index in [0.717, 1.165) is 6.42 Å². The number of carboxylic acid groups (broad SMARTS) is 1. The van der Waals surface area contributed by atoms with Gasteiger partial charge in [-0.25, -0.2) is 0 Å². The zero-order valence-corrected chi connectivity index (χ0v) is 16.2. The number of amides is 1. The van der Waals surface area contributed by atoms with E-state index in [0.29, 0.717) is 31.2 Å². The monoisotopic (exact) mass is 392 g/mol. The van der Waals surface area contributed by atoms with Crippen LogP contribution in [0.4, 0.5) is 5.69 Å². The molecule has 1 aromatic rings. The van der Waals surface area contributed by atoms with Gasteiger partial charge in [0.25, 0.3) is 5.69 Å². The van der Waals surface area contributed by atoms with Crippen molar-refractivity contribution in [1.82, 2.24) is 5.32 Å². The van der Waals surface area contributed by atoms with Gasteiger partial charge in [0, 0.05) is 12.1 Å². The summed E-state index contributed by atoms with van der Waals surface area (Å²) in [5.41, 5.74) is 0.393. The van der Waals surface area contributed by atoms with Crippen LogP contribution >= 0.6 is 0 Å². The van der Waals surface area contributed by atoms with Crippen molar-refractivity contribution in [2.45, 2.75) is 58.1 Å². The normalized spacial score (nSPS) is 24.2. The standard InChI is InChI=1S/C20H28N2O6/c1-3-4-17(18(23)13-6-8-14(9-7-13)22(27)28)21-19(24)15-10-5-12(2)11-16(15)20(25)26/h6-9,12,15-18,23H,3-5,10-11H2,1-2H3,(H,21,24)(H,25,26)/t12?,15?,16?,17?,18-/m1/s1. The molecule has 2 rings (SSSR count). The fraction of sp³-hybridized carbons (Fsp3) is 0.600. The van der Waals surface area contributed by atoms with Crippen LogP contribution in [0.1, 0.15) is 57.6 Å². The Labute approximate surface area is 164 Å². The van der Waals surface area contributed by atoms with Gasteiger partial charge in [-0.1, -0.05) is 20.3 Å². The van der Waals surface area contributed by atoms with Gasteiger partial charge in [-0.3, -0.25) is 19.7 Å². The van der Waals surface area contributed by atoms with Crippen molar-refractivity contribution >= 4 is 17.6 Å². The molecule has 0 radical (unpaired) electrons. The van der Waals surface area contributed by atoms with Crippen LogP contribution in [0.2, 0.25) is 0 Å². The van der Waals surface area contributed by atoms with E-state index >= 15 is 0 Å². The Bertz CT molecular complexity index is 705. The largest absolute Gasteiger partial charge is 0.481 e. The molecule has 1 aliphatic rings. The predicted octanol–water partition coefficient (Wildman–Crippen LogP) is 3.05. The Hall–Kier alpha value is -2.48. The number of non-ortho nitro benzene ring substituents is 1. The molecule has 28 heavy (non-hydrogen) atoms. The first-order valence-electron chi connectivity index (χ1n) is 9.70. The first kappa shape index (κ1) is 21.8. The molecule has 4 unspecified atom stereocenters. The Morgan fingerprint density at radius 2 is 1.89 bits per heavy atom. The highest BCUT2D eigenvalue weighted by atomic mass is 16.6. The third kappa shape index (κ3) is 5.28. The Kier molecular flexibility index (Phi) is 7.51. The Morgan fingerprint density at radius 3 is 2.43 bits per heavy atom. The highest BCUT2D eigenvalue weighted by Gasteiger charge is 2.39. The number of rotatable bonds is 8. The van der Waals surface area contributed by atoms with E-state index in [2.05, 4.69) is 5.32 Å². The van der Waals surface area contributed by atoms with E-state index in [1.165, 1.54) is 24.3 Å². The third-order valence-corrected chi connectivity index (χ3v) is 5.52. The summed E-state index contributed by atoms with van der Waals surface area (Å²) in [5, 5.41) is 33.8. The van der Waals surface area contributed by atoms with E-state index in [1.54, 1.807) is 0 Å². The number of hydrogen-bond acceptors (Lipinski definition) is 5. The molecule has 8 nitrogen and oxygen atoms in total. The van der Waals surface area contributed by atoms with E-state index in [9.17, 15) is 29.9 Å². The topological polar surface area (TPSA) is 130 Å². The number of hydrogen-bond donors (Lipinski definition) is 3. The SMILES string of the molecule is CCCC(NC(=O)C1CCC(C)CC1C(=O)O)[C@H](O)c1ccc([N+](=O)[O-])cc1. The molecule has 0 aromatic heterocycles. The molecule has 1 aromatic carbocycles. The van der Waals surface area contributed by atoms with Gasteiger partial charge in [0.05, 0.1) is 28.9 Å². The van der Waals surface area contributed by atoms with Crippen LogP contribution in [0.3, 0.4) is 0 Å². The van der Waals surface area contributed by atoms with Crippen molar-refractivity contribution in [3.05, 3.63) is 39.9 Å². The molecule has 1 saturated carbocycles. The zero-order valence-electron chi connectivity index (χ0n) is 16.2. The van der Waals surface area contributed by atoms with Crippen molar-refractivity contribution in [1.29, 1.82) is 0 Å². The van der Waals surface area contributed by atoms with Crippen LogP contribution < -0.4 is 5.32 Å². The second-order valence-electron chi connectivity index (χ2n) is 7.67. The van der Waals surface area contributed by atoms with Crippen molar-refractivity contribution in [3.8, 4) is 0 Å². The second kappa shape index (κ2) is 9.64. The average Bonchev–Trinajstić information content (AvgIpc) is 2.66. The van der Waals surface area contributed by atoms with E-state index in [1.807, 2.05) is 13.8 Å². The van der Waals surface area contributed by atoms with E-state index < -0.39 is 34.9 Å². The molecule has 0 heterocycles. The van der Waals surface area contributed by atoms with Gasteiger partial charge in [-0.05, 0) is 49.3 Å². The number of aliphatic hydroxyl groups is 1. The lowest BCUT2D eigenvalue weighted by atomic mass is 9.74. The number of aliphatic carboxylic acids is 1. The zero-order chi connectivity index (χ0) is 20.8. The predicted molar refractivity (Wildman–Crippen MR) is 103 cm³/mol. The van der Waals surface area contributed by atoms with Crippen LogP contribution in [0.15, 0.2) is 24.3 Å². The summed E-state index contributed by atoms with van der Waals surface area (Å²) in [4.78, 5) is 34.7. The second-order valence-corrected chi connectivity index (χ2v) is 7.67. The molecular formula is C20H28N2O6. The summed E-state index contributed by atoms with van der Waals surface area (Å²) < 4.78 is 0. The molecular weight excluding hydrogens is 364 g/mol. The number of aliphatic hydroxyl groups excluding tert-OH is 1. The molecule has 0 aliphatic heterocycles. The van der Waals surface area contributed by atoms with Crippen LogP contribution in [-0.2, 0) is 9.59 Å². The van der Waals surface area contributed by atoms with E-state index in [-0.39, 0.29) is 17.5 Å². The maximum atomic E-state index is 12.8. The minimum atomic E-state index is -1.03. The summed E-state index contributed by atoms with van der Waals surface area (Å²) in [6.45, 7) is 3.91. The number of carbonyl (C=O) groups is 2. The number of nitrogens with one attached hydrogen (secondary N) is 1. The summed E-state index contributed by atoms with van der Waals surface area (Å²) in [6.07, 6.45) is 1.96.